The summed E-state index contributed by atoms with van der Waals surface area (Å²) in [7, 11) is -3.53. The van der Waals surface area contributed by atoms with Crippen LogP contribution in [-0.4, -0.2) is 49.7 Å². The average Bonchev–Trinajstić information content (AvgIpc) is 2.74. The summed E-state index contributed by atoms with van der Waals surface area (Å²) in [6.07, 6.45) is 1.44. The fraction of sp³-hybridized carbons (Fsp3) is 0.391. The molecule has 1 fully saturated rings. The second-order valence-electron chi connectivity index (χ2n) is 7.95. The molecule has 0 spiro atoms. The number of sulfonamides is 1. The van der Waals surface area contributed by atoms with Gasteiger partial charge in [0, 0.05) is 32.5 Å². The Morgan fingerprint density at radius 2 is 1.74 bits per heavy atom. The van der Waals surface area contributed by atoms with E-state index in [2.05, 4.69) is 10.6 Å². The van der Waals surface area contributed by atoms with Crippen molar-refractivity contribution in [1.29, 1.82) is 0 Å². The molecular weight excluding hydrogens is 414 g/mol. The molecule has 0 unspecified atom stereocenters. The van der Waals surface area contributed by atoms with Crippen LogP contribution in [0.1, 0.15) is 30.9 Å². The van der Waals surface area contributed by atoms with E-state index >= 15 is 0 Å². The van der Waals surface area contributed by atoms with E-state index in [0.717, 1.165) is 11.1 Å². The number of hydrogen-bond acceptors (Lipinski definition) is 4. The lowest BCUT2D eigenvalue weighted by atomic mass is 10.0. The van der Waals surface area contributed by atoms with Crippen molar-refractivity contribution in [2.45, 2.75) is 50.1 Å². The molecule has 0 bridgehead atoms. The highest BCUT2D eigenvalue weighted by atomic mass is 32.2. The molecular formula is C23H29N3O4S. The first-order valence-electron chi connectivity index (χ1n) is 10.4. The number of carbonyl (C=O) groups excluding carboxylic acids is 2. The van der Waals surface area contributed by atoms with E-state index < -0.39 is 16.1 Å². The Kier molecular flexibility index (Phi) is 7.46. The molecule has 3 rings (SSSR count). The maximum absolute atomic E-state index is 12.9. The number of amides is 2. The molecule has 0 saturated carbocycles. The van der Waals surface area contributed by atoms with Crippen LogP contribution >= 0.6 is 0 Å². The van der Waals surface area contributed by atoms with Gasteiger partial charge in [0.15, 0.2) is 0 Å². The lowest BCUT2D eigenvalue weighted by Gasteiger charge is -2.32. The van der Waals surface area contributed by atoms with Gasteiger partial charge in [-0.05, 0) is 37.5 Å². The zero-order valence-electron chi connectivity index (χ0n) is 17.9. The molecule has 1 aliphatic rings. The molecule has 2 amide bonds. The van der Waals surface area contributed by atoms with Crippen LogP contribution in [0.15, 0.2) is 59.5 Å². The summed E-state index contributed by atoms with van der Waals surface area (Å²) in [5, 5.41) is 5.73. The van der Waals surface area contributed by atoms with Gasteiger partial charge in [-0.25, -0.2) is 8.42 Å². The normalized spacial score (nSPS) is 16.5. The minimum absolute atomic E-state index is 0.136. The quantitative estimate of drug-likeness (QED) is 0.684. The van der Waals surface area contributed by atoms with Gasteiger partial charge in [0.05, 0.1) is 4.90 Å². The predicted octanol–water partition coefficient (Wildman–Crippen LogP) is 2.01. The van der Waals surface area contributed by atoms with Gasteiger partial charge in [0.25, 0.3) is 0 Å². The Bertz CT molecular complexity index is 1020. The molecule has 7 nitrogen and oxygen atoms in total. The molecule has 2 N–H and O–H groups in total. The van der Waals surface area contributed by atoms with E-state index in [1.165, 1.54) is 11.2 Å². The Morgan fingerprint density at radius 3 is 2.35 bits per heavy atom. The Labute approximate surface area is 183 Å². The van der Waals surface area contributed by atoms with Crippen molar-refractivity contribution in [2.75, 3.05) is 13.1 Å². The van der Waals surface area contributed by atoms with E-state index in [-0.39, 0.29) is 22.8 Å². The molecule has 1 saturated heterocycles. The predicted molar refractivity (Wildman–Crippen MR) is 119 cm³/mol. The van der Waals surface area contributed by atoms with Crippen LogP contribution in [-0.2, 0) is 26.0 Å². The van der Waals surface area contributed by atoms with Crippen LogP contribution < -0.4 is 10.6 Å². The summed E-state index contributed by atoms with van der Waals surface area (Å²) in [6, 6.07) is 15.4. The van der Waals surface area contributed by atoms with Gasteiger partial charge in [0.1, 0.15) is 6.04 Å². The van der Waals surface area contributed by atoms with Crippen molar-refractivity contribution in [3.63, 3.8) is 0 Å². The number of carbonyl (C=O) groups is 2. The van der Waals surface area contributed by atoms with Crippen LogP contribution in [0.2, 0.25) is 0 Å². The molecule has 2 aromatic rings. The van der Waals surface area contributed by atoms with Crippen molar-refractivity contribution in [2.24, 2.45) is 0 Å². The van der Waals surface area contributed by atoms with Crippen molar-refractivity contribution in [3.05, 3.63) is 65.7 Å². The van der Waals surface area contributed by atoms with Crippen molar-refractivity contribution < 1.29 is 18.0 Å². The highest BCUT2D eigenvalue weighted by Gasteiger charge is 2.31. The van der Waals surface area contributed by atoms with Crippen LogP contribution in [0.4, 0.5) is 0 Å². The van der Waals surface area contributed by atoms with Crippen molar-refractivity contribution >= 4 is 21.8 Å². The van der Waals surface area contributed by atoms with Crippen LogP contribution in [0.3, 0.4) is 0 Å². The number of benzene rings is 2. The van der Waals surface area contributed by atoms with Gasteiger partial charge < -0.3 is 10.6 Å². The van der Waals surface area contributed by atoms with E-state index in [0.29, 0.717) is 32.4 Å². The highest BCUT2D eigenvalue weighted by molar-refractivity contribution is 7.89. The van der Waals surface area contributed by atoms with Crippen molar-refractivity contribution in [3.8, 4) is 0 Å². The summed E-state index contributed by atoms with van der Waals surface area (Å²) in [5.41, 5.74) is 2.06. The molecule has 2 aromatic carbocycles. The smallest absolute Gasteiger partial charge is 0.243 e. The third kappa shape index (κ3) is 6.15. The molecule has 8 heteroatoms. The average molecular weight is 444 g/mol. The molecule has 31 heavy (non-hydrogen) atoms. The lowest BCUT2D eigenvalue weighted by Crippen LogP contribution is -2.53. The molecule has 0 radical (unpaired) electrons. The zero-order chi connectivity index (χ0) is 22.4. The minimum Gasteiger partial charge on any atom is -0.351 e. The lowest BCUT2D eigenvalue weighted by molar-refractivity contribution is -0.128. The van der Waals surface area contributed by atoms with Crippen LogP contribution in [0.5, 0.6) is 0 Å². The fourth-order valence-electron chi connectivity index (χ4n) is 3.81. The maximum atomic E-state index is 12.9. The zero-order valence-corrected chi connectivity index (χ0v) is 18.7. The molecule has 166 valence electrons. The highest BCUT2D eigenvalue weighted by Crippen LogP contribution is 2.20. The summed E-state index contributed by atoms with van der Waals surface area (Å²) >= 11 is 0. The number of nitrogens with one attached hydrogen (secondary N) is 2. The number of piperidine rings is 1. The monoisotopic (exact) mass is 443 g/mol. The van der Waals surface area contributed by atoms with E-state index in [1.54, 1.807) is 30.3 Å². The van der Waals surface area contributed by atoms with Gasteiger partial charge in [-0.1, -0.05) is 48.0 Å². The molecule has 1 heterocycles. The van der Waals surface area contributed by atoms with Crippen LogP contribution in [0.25, 0.3) is 0 Å². The largest absolute Gasteiger partial charge is 0.351 e. The first-order valence-corrected chi connectivity index (χ1v) is 11.9. The summed E-state index contributed by atoms with van der Waals surface area (Å²) in [6.45, 7) is 4.05. The van der Waals surface area contributed by atoms with E-state index in [4.69, 9.17) is 0 Å². The van der Waals surface area contributed by atoms with Gasteiger partial charge >= 0.3 is 0 Å². The summed E-state index contributed by atoms with van der Waals surface area (Å²) in [5.74, 6) is -0.516. The number of hydrogen-bond donors (Lipinski definition) is 2. The second-order valence-corrected chi connectivity index (χ2v) is 9.88. The third-order valence-electron chi connectivity index (χ3n) is 5.40. The van der Waals surface area contributed by atoms with E-state index in [9.17, 15) is 18.0 Å². The fourth-order valence-corrected chi connectivity index (χ4v) is 5.30. The van der Waals surface area contributed by atoms with Gasteiger partial charge in [-0.15, -0.1) is 0 Å². The standard InChI is InChI=1S/C23H29N3O4S/c1-17-7-6-8-19(15-17)16-22(24-18(2)27)23(28)25-20-11-13-26(14-12-20)31(29,30)21-9-4-3-5-10-21/h3-10,15,20,22H,11-14,16H2,1-2H3,(H,24,27)(H,25,28)/t22-/m0/s1. The number of nitrogens with zero attached hydrogens (tertiary/aromatic N) is 1. The Balaban J connectivity index is 1.60. The third-order valence-corrected chi connectivity index (χ3v) is 7.31. The summed E-state index contributed by atoms with van der Waals surface area (Å²) < 4.78 is 27.0. The maximum Gasteiger partial charge on any atom is 0.243 e. The Morgan fingerprint density at radius 1 is 1.06 bits per heavy atom. The SMILES string of the molecule is CC(=O)N[C@@H](Cc1cccc(C)c1)C(=O)NC1CCN(S(=O)(=O)c2ccccc2)CC1. The molecule has 0 aromatic heterocycles. The number of aryl methyl sites for hydroxylation is 1. The van der Waals surface area contributed by atoms with Gasteiger partial charge in [-0.2, -0.15) is 4.31 Å². The second kappa shape index (κ2) is 10.1. The molecule has 1 aliphatic heterocycles. The number of rotatable bonds is 7. The van der Waals surface area contributed by atoms with Crippen molar-refractivity contribution in [1.82, 2.24) is 14.9 Å². The van der Waals surface area contributed by atoms with E-state index in [1.807, 2.05) is 31.2 Å². The first-order chi connectivity index (χ1) is 14.8. The van der Waals surface area contributed by atoms with Gasteiger partial charge in [0.2, 0.25) is 21.8 Å². The van der Waals surface area contributed by atoms with Crippen LogP contribution in [0, 0.1) is 6.92 Å². The molecule has 0 aliphatic carbocycles. The minimum atomic E-state index is -3.53. The Hall–Kier alpha value is -2.71. The first kappa shape index (κ1) is 23.0. The topological polar surface area (TPSA) is 95.6 Å². The summed E-state index contributed by atoms with van der Waals surface area (Å²) in [4.78, 5) is 24.8. The van der Waals surface area contributed by atoms with Gasteiger partial charge in [-0.3, -0.25) is 9.59 Å². The molecule has 1 atom stereocenters.